The van der Waals surface area contributed by atoms with Gasteiger partial charge >= 0.3 is 11.9 Å². The van der Waals surface area contributed by atoms with Gasteiger partial charge in [-0.05, 0) is 51.1 Å². The van der Waals surface area contributed by atoms with E-state index in [4.69, 9.17) is 0 Å². The minimum Gasteiger partial charge on any atom is -0.324 e. The van der Waals surface area contributed by atoms with Crippen molar-refractivity contribution < 1.29 is 18.0 Å². The molecule has 1 amide bonds. The Morgan fingerprint density at radius 2 is 1.82 bits per heavy atom. The van der Waals surface area contributed by atoms with Crippen LogP contribution in [0.25, 0.3) is 11.4 Å². The summed E-state index contributed by atoms with van der Waals surface area (Å²) < 4.78 is 42.2. The van der Waals surface area contributed by atoms with Crippen molar-refractivity contribution in [2.45, 2.75) is 33.4 Å². The maximum Gasteiger partial charge on any atom is 0.416 e. The van der Waals surface area contributed by atoms with Crippen LogP contribution in [0.4, 0.5) is 18.9 Å². The maximum absolute atomic E-state index is 13.1. The Morgan fingerprint density at radius 1 is 1.09 bits per heavy atom. The Balaban J connectivity index is 1.61. The number of carbonyl (C=O) groups excluding carboxylic acids is 1. The van der Waals surface area contributed by atoms with Crippen molar-refractivity contribution in [3.8, 4) is 11.4 Å². The summed E-state index contributed by atoms with van der Waals surface area (Å²) >= 11 is 0. The first-order chi connectivity index (χ1) is 16.1. The van der Waals surface area contributed by atoms with E-state index in [9.17, 15) is 22.8 Å². The van der Waals surface area contributed by atoms with Gasteiger partial charge in [0, 0.05) is 23.1 Å². The summed E-state index contributed by atoms with van der Waals surface area (Å²) in [5.41, 5.74) is 2.54. The van der Waals surface area contributed by atoms with Gasteiger partial charge in [0.25, 0.3) is 0 Å². The van der Waals surface area contributed by atoms with E-state index in [1.54, 1.807) is 51.2 Å². The fraction of sp³-hybridized carbons (Fsp3) is 0.208. The molecule has 0 spiro atoms. The summed E-state index contributed by atoms with van der Waals surface area (Å²) in [5, 5.41) is 7.20. The summed E-state index contributed by atoms with van der Waals surface area (Å²) in [6, 6.07) is 11.8. The molecule has 0 aliphatic heterocycles. The van der Waals surface area contributed by atoms with Gasteiger partial charge < -0.3 is 10.3 Å². The maximum atomic E-state index is 13.1. The molecule has 176 valence electrons. The third-order valence-electron chi connectivity index (χ3n) is 5.58. The highest BCUT2D eigenvalue weighted by atomic mass is 19.4. The van der Waals surface area contributed by atoms with Gasteiger partial charge in [0.2, 0.25) is 5.91 Å². The number of carbonyl (C=O) groups is 1. The van der Waals surface area contributed by atoms with Gasteiger partial charge in [-0.3, -0.25) is 9.36 Å². The number of hydrogen-bond donors (Lipinski definition) is 2. The Morgan fingerprint density at radius 3 is 2.50 bits per heavy atom. The molecule has 2 heterocycles. The largest absolute Gasteiger partial charge is 0.416 e. The molecule has 0 fully saturated rings. The van der Waals surface area contributed by atoms with Crippen molar-refractivity contribution in [2.24, 2.45) is 0 Å². The number of nitrogens with zero attached hydrogens (tertiary/aromatic N) is 3. The van der Waals surface area contributed by atoms with Crippen LogP contribution in [0.3, 0.4) is 0 Å². The quantitative estimate of drug-likeness (QED) is 0.452. The van der Waals surface area contributed by atoms with E-state index in [1.165, 1.54) is 21.4 Å². The second kappa shape index (κ2) is 8.69. The highest BCUT2D eigenvalue weighted by Gasteiger charge is 2.31. The molecule has 0 unspecified atom stereocenters. The summed E-state index contributed by atoms with van der Waals surface area (Å²) in [5.74, 6) is -0.344. The molecule has 7 nitrogen and oxygen atoms in total. The van der Waals surface area contributed by atoms with Gasteiger partial charge in [0.1, 0.15) is 0 Å². The highest BCUT2D eigenvalue weighted by molar-refractivity contribution is 5.94. The van der Waals surface area contributed by atoms with E-state index >= 15 is 0 Å². The first-order valence-electron chi connectivity index (χ1n) is 10.5. The molecule has 2 aromatic heterocycles. The predicted octanol–water partition coefficient (Wildman–Crippen LogP) is 4.48. The van der Waals surface area contributed by atoms with E-state index < -0.39 is 11.7 Å². The zero-order valence-corrected chi connectivity index (χ0v) is 18.7. The molecule has 4 aromatic rings. The number of anilines is 1. The number of alkyl halides is 3. The van der Waals surface area contributed by atoms with E-state index in [0.717, 1.165) is 12.1 Å². The number of aromatic amines is 1. The van der Waals surface area contributed by atoms with Crippen molar-refractivity contribution in [1.82, 2.24) is 19.3 Å². The summed E-state index contributed by atoms with van der Waals surface area (Å²) in [6.45, 7) is 5.18. The molecule has 0 bridgehead atoms. The first kappa shape index (κ1) is 23.1. The first-order valence-corrected chi connectivity index (χ1v) is 10.5. The summed E-state index contributed by atoms with van der Waals surface area (Å²) in [4.78, 5) is 27.7. The molecule has 0 saturated heterocycles. The van der Waals surface area contributed by atoms with Crippen molar-refractivity contribution in [3.05, 3.63) is 93.4 Å². The molecule has 2 N–H and O–H groups in total. The van der Waals surface area contributed by atoms with Crippen LogP contribution < -0.4 is 11.0 Å². The van der Waals surface area contributed by atoms with Gasteiger partial charge in [-0.1, -0.05) is 18.2 Å². The van der Waals surface area contributed by atoms with Crippen molar-refractivity contribution in [2.75, 3.05) is 5.32 Å². The molecular formula is C24H22F3N5O2. The Hall–Kier alpha value is -4.08. The number of amides is 1. The smallest absolute Gasteiger partial charge is 0.324 e. The van der Waals surface area contributed by atoms with Crippen LogP contribution in [0.2, 0.25) is 0 Å². The minimum absolute atomic E-state index is 0.0357. The lowest BCUT2D eigenvalue weighted by Crippen LogP contribution is -2.20. The molecule has 34 heavy (non-hydrogen) atoms. The standard InChI is InChI=1S/C24H22F3N5O2/c1-14-13-28-23(34)31(14)21-10-5-4-9-20(21)29-22(33)12-19-15(2)30-32(16(19)3)18-8-6-7-17(11-18)24(25,26)27/h4-11,13H,12H2,1-3H3,(H,28,34)(H,29,33). The number of aryl methyl sites for hydroxylation is 2. The fourth-order valence-corrected chi connectivity index (χ4v) is 3.88. The number of nitrogens with one attached hydrogen (secondary N) is 2. The number of benzene rings is 2. The van der Waals surface area contributed by atoms with Gasteiger partial charge in [0.15, 0.2) is 0 Å². The number of rotatable bonds is 5. The van der Waals surface area contributed by atoms with E-state index in [0.29, 0.717) is 34.0 Å². The monoisotopic (exact) mass is 469 g/mol. The van der Waals surface area contributed by atoms with Gasteiger partial charge in [-0.15, -0.1) is 0 Å². The van der Waals surface area contributed by atoms with Crippen LogP contribution in [0.5, 0.6) is 0 Å². The lowest BCUT2D eigenvalue weighted by atomic mass is 10.1. The van der Waals surface area contributed by atoms with E-state index in [2.05, 4.69) is 15.4 Å². The number of para-hydroxylation sites is 2. The molecule has 0 saturated carbocycles. The molecule has 0 atom stereocenters. The molecule has 2 aromatic carbocycles. The molecular weight excluding hydrogens is 447 g/mol. The van der Waals surface area contributed by atoms with Crippen LogP contribution in [0, 0.1) is 20.8 Å². The van der Waals surface area contributed by atoms with Crippen LogP contribution >= 0.6 is 0 Å². The summed E-state index contributed by atoms with van der Waals surface area (Å²) in [7, 11) is 0. The lowest BCUT2D eigenvalue weighted by Gasteiger charge is -2.13. The number of imidazole rings is 1. The van der Waals surface area contributed by atoms with Crippen LogP contribution in [-0.4, -0.2) is 25.2 Å². The van der Waals surface area contributed by atoms with E-state index in [1.807, 2.05) is 0 Å². The molecule has 4 rings (SSSR count). The molecule has 10 heteroatoms. The molecule has 0 aliphatic carbocycles. The zero-order valence-electron chi connectivity index (χ0n) is 18.7. The fourth-order valence-electron chi connectivity index (χ4n) is 3.88. The number of H-pyrrole nitrogens is 1. The minimum atomic E-state index is -4.47. The predicted molar refractivity (Wildman–Crippen MR) is 122 cm³/mol. The Bertz CT molecular complexity index is 1430. The second-order valence-corrected chi connectivity index (χ2v) is 7.92. The second-order valence-electron chi connectivity index (χ2n) is 7.92. The Kier molecular flexibility index (Phi) is 5.90. The van der Waals surface area contributed by atoms with E-state index in [-0.39, 0.29) is 23.7 Å². The third-order valence-corrected chi connectivity index (χ3v) is 5.58. The van der Waals surface area contributed by atoms with Gasteiger partial charge in [0.05, 0.1) is 34.7 Å². The zero-order chi connectivity index (χ0) is 24.6. The lowest BCUT2D eigenvalue weighted by molar-refractivity contribution is -0.137. The molecule has 0 radical (unpaired) electrons. The third kappa shape index (κ3) is 4.39. The Labute approximate surface area is 192 Å². The van der Waals surface area contributed by atoms with Crippen LogP contribution in [0.1, 0.15) is 28.2 Å². The van der Waals surface area contributed by atoms with Crippen LogP contribution in [0.15, 0.2) is 59.5 Å². The number of halogens is 3. The molecule has 0 aliphatic rings. The normalized spacial score (nSPS) is 11.6. The number of hydrogen-bond acceptors (Lipinski definition) is 3. The van der Waals surface area contributed by atoms with Crippen molar-refractivity contribution in [1.29, 1.82) is 0 Å². The van der Waals surface area contributed by atoms with Crippen LogP contribution in [-0.2, 0) is 17.4 Å². The average Bonchev–Trinajstić information content (AvgIpc) is 3.26. The topological polar surface area (TPSA) is 84.7 Å². The number of aromatic nitrogens is 4. The average molecular weight is 469 g/mol. The SMILES string of the molecule is Cc1nn(-c2cccc(C(F)(F)F)c2)c(C)c1CC(=O)Nc1ccccc1-n1c(C)c[nH]c1=O. The summed E-state index contributed by atoms with van der Waals surface area (Å²) in [6.07, 6.45) is -2.93. The highest BCUT2D eigenvalue weighted by Crippen LogP contribution is 2.31. The van der Waals surface area contributed by atoms with Crippen molar-refractivity contribution in [3.63, 3.8) is 0 Å². The van der Waals surface area contributed by atoms with Gasteiger partial charge in [-0.2, -0.15) is 18.3 Å². The van der Waals surface area contributed by atoms with Crippen molar-refractivity contribution >= 4 is 11.6 Å². The van der Waals surface area contributed by atoms with Gasteiger partial charge in [-0.25, -0.2) is 9.48 Å².